The van der Waals surface area contributed by atoms with E-state index in [9.17, 15) is 9.59 Å². The molecule has 7 heteroatoms. The lowest BCUT2D eigenvalue weighted by atomic mass is 9.94. The van der Waals surface area contributed by atoms with Crippen molar-refractivity contribution >= 4 is 36.0 Å². The van der Waals surface area contributed by atoms with Gasteiger partial charge in [-0.05, 0) is 13.0 Å². The zero-order valence-corrected chi connectivity index (χ0v) is 14.7. The number of amides is 2. The SMILES string of the molecule is CC(C)(C)C(=O)N1CSCC1C(=O)N1CCCNCC1.Cl. The van der Waals surface area contributed by atoms with E-state index in [1.807, 2.05) is 25.7 Å². The molecule has 2 aliphatic rings. The first-order valence-electron chi connectivity index (χ1n) is 7.29. The van der Waals surface area contributed by atoms with Gasteiger partial charge in [-0.15, -0.1) is 24.2 Å². The van der Waals surface area contributed by atoms with Crippen LogP contribution in [-0.2, 0) is 9.59 Å². The Morgan fingerprint density at radius 3 is 2.57 bits per heavy atom. The van der Waals surface area contributed by atoms with Crippen LogP contribution in [0, 0.1) is 5.41 Å². The van der Waals surface area contributed by atoms with Crippen molar-refractivity contribution in [2.45, 2.75) is 33.2 Å². The summed E-state index contributed by atoms with van der Waals surface area (Å²) < 4.78 is 0. The van der Waals surface area contributed by atoms with E-state index in [1.54, 1.807) is 16.7 Å². The van der Waals surface area contributed by atoms with Crippen molar-refractivity contribution in [2.24, 2.45) is 5.41 Å². The van der Waals surface area contributed by atoms with Gasteiger partial charge in [0.2, 0.25) is 11.8 Å². The number of thioether (sulfide) groups is 1. The van der Waals surface area contributed by atoms with Crippen molar-refractivity contribution in [1.82, 2.24) is 15.1 Å². The number of hydrogen-bond acceptors (Lipinski definition) is 4. The van der Waals surface area contributed by atoms with Gasteiger partial charge in [0.1, 0.15) is 6.04 Å². The molecule has 0 aromatic heterocycles. The van der Waals surface area contributed by atoms with Crippen LogP contribution < -0.4 is 5.32 Å². The van der Waals surface area contributed by atoms with E-state index >= 15 is 0 Å². The third-order valence-electron chi connectivity index (χ3n) is 3.72. The summed E-state index contributed by atoms with van der Waals surface area (Å²) in [6.07, 6.45) is 0.985. The topological polar surface area (TPSA) is 52.7 Å². The van der Waals surface area contributed by atoms with Crippen LogP contribution >= 0.6 is 24.2 Å². The van der Waals surface area contributed by atoms with Gasteiger partial charge >= 0.3 is 0 Å². The van der Waals surface area contributed by atoms with Gasteiger partial charge in [-0.2, -0.15) is 0 Å². The lowest BCUT2D eigenvalue weighted by Gasteiger charge is -2.32. The summed E-state index contributed by atoms with van der Waals surface area (Å²) in [4.78, 5) is 28.8. The molecular formula is C14H26ClN3O2S. The van der Waals surface area contributed by atoms with Crippen LogP contribution in [0.5, 0.6) is 0 Å². The number of rotatable bonds is 1. The predicted octanol–water partition coefficient (Wildman–Crippen LogP) is 1.18. The average Bonchev–Trinajstić information content (AvgIpc) is 2.70. The van der Waals surface area contributed by atoms with Crippen LogP contribution in [-0.4, -0.2) is 65.5 Å². The smallest absolute Gasteiger partial charge is 0.246 e. The first kappa shape index (κ1) is 18.6. The summed E-state index contributed by atoms with van der Waals surface area (Å²) in [7, 11) is 0. The fourth-order valence-electron chi connectivity index (χ4n) is 2.56. The molecule has 2 aliphatic heterocycles. The number of carbonyl (C=O) groups is 2. The highest BCUT2D eigenvalue weighted by molar-refractivity contribution is 7.99. The molecule has 0 aromatic carbocycles. The van der Waals surface area contributed by atoms with E-state index in [-0.39, 0.29) is 30.3 Å². The fraction of sp³-hybridized carbons (Fsp3) is 0.857. The fourth-order valence-corrected chi connectivity index (χ4v) is 3.70. The Bertz CT molecular complexity index is 379. The highest BCUT2D eigenvalue weighted by Crippen LogP contribution is 2.28. The van der Waals surface area contributed by atoms with Crippen LogP contribution in [0.2, 0.25) is 0 Å². The lowest BCUT2D eigenvalue weighted by molar-refractivity contribution is -0.147. The van der Waals surface area contributed by atoms with Gasteiger partial charge in [-0.1, -0.05) is 20.8 Å². The third kappa shape index (κ3) is 4.50. The molecule has 21 heavy (non-hydrogen) atoms. The summed E-state index contributed by atoms with van der Waals surface area (Å²) in [6.45, 7) is 9.09. The molecule has 2 rings (SSSR count). The van der Waals surface area contributed by atoms with Crippen molar-refractivity contribution in [3.8, 4) is 0 Å². The molecule has 5 nitrogen and oxygen atoms in total. The van der Waals surface area contributed by atoms with Gasteiger partial charge in [0.05, 0.1) is 5.88 Å². The minimum Gasteiger partial charge on any atom is -0.340 e. The first-order valence-corrected chi connectivity index (χ1v) is 8.45. The van der Waals surface area contributed by atoms with Crippen LogP contribution in [0.4, 0.5) is 0 Å². The van der Waals surface area contributed by atoms with Crippen LogP contribution in [0.3, 0.4) is 0 Å². The van der Waals surface area contributed by atoms with Gasteiger partial charge in [0, 0.05) is 30.8 Å². The number of nitrogens with one attached hydrogen (secondary N) is 1. The van der Waals surface area contributed by atoms with Gasteiger partial charge in [0.25, 0.3) is 0 Å². The molecule has 0 aliphatic carbocycles. The molecule has 0 saturated carbocycles. The molecule has 0 bridgehead atoms. The molecule has 0 radical (unpaired) electrons. The maximum Gasteiger partial charge on any atom is 0.246 e. The molecule has 2 heterocycles. The van der Waals surface area contributed by atoms with Crippen molar-refractivity contribution in [3.05, 3.63) is 0 Å². The minimum absolute atomic E-state index is 0. The maximum atomic E-state index is 12.7. The normalized spacial score (nSPS) is 23.5. The molecule has 2 amide bonds. The lowest BCUT2D eigenvalue weighted by Crippen LogP contribution is -2.52. The van der Waals surface area contributed by atoms with Crippen LogP contribution in [0.1, 0.15) is 27.2 Å². The number of nitrogens with zero attached hydrogens (tertiary/aromatic N) is 2. The van der Waals surface area contributed by atoms with Crippen molar-refractivity contribution < 1.29 is 9.59 Å². The average molecular weight is 336 g/mol. The van der Waals surface area contributed by atoms with Crippen molar-refractivity contribution in [2.75, 3.05) is 37.8 Å². The summed E-state index contributed by atoms with van der Waals surface area (Å²) >= 11 is 1.67. The first-order chi connectivity index (χ1) is 9.41. The zero-order chi connectivity index (χ0) is 14.8. The molecule has 2 saturated heterocycles. The van der Waals surface area contributed by atoms with Gasteiger partial charge in [-0.25, -0.2) is 0 Å². The second-order valence-electron chi connectivity index (χ2n) is 6.47. The quantitative estimate of drug-likeness (QED) is 0.781. The molecule has 1 unspecified atom stereocenters. The van der Waals surface area contributed by atoms with Crippen LogP contribution in [0.15, 0.2) is 0 Å². The Morgan fingerprint density at radius 1 is 1.19 bits per heavy atom. The standard InChI is InChI=1S/C14H25N3O2S.ClH/c1-14(2,3)13(19)17-10-20-9-11(17)12(18)16-7-4-5-15-6-8-16;/h11,15H,4-10H2,1-3H3;1H. The Balaban J connectivity index is 0.00000220. The Hall–Kier alpha value is -0.460. The second-order valence-corrected chi connectivity index (χ2v) is 7.47. The van der Waals surface area contributed by atoms with E-state index in [1.165, 1.54) is 0 Å². The number of hydrogen-bond donors (Lipinski definition) is 1. The van der Waals surface area contributed by atoms with Gasteiger partial charge in [-0.3, -0.25) is 9.59 Å². The van der Waals surface area contributed by atoms with Crippen molar-refractivity contribution in [3.63, 3.8) is 0 Å². The number of carbonyl (C=O) groups excluding carboxylic acids is 2. The summed E-state index contributed by atoms with van der Waals surface area (Å²) in [5.41, 5.74) is -0.427. The molecule has 1 N–H and O–H groups in total. The predicted molar refractivity (Wildman–Crippen MR) is 88.7 cm³/mol. The van der Waals surface area contributed by atoms with E-state index < -0.39 is 5.41 Å². The Morgan fingerprint density at radius 2 is 1.90 bits per heavy atom. The highest BCUT2D eigenvalue weighted by Gasteiger charge is 2.40. The minimum atomic E-state index is -0.427. The monoisotopic (exact) mass is 335 g/mol. The van der Waals surface area contributed by atoms with E-state index in [2.05, 4.69) is 5.32 Å². The van der Waals surface area contributed by atoms with Crippen molar-refractivity contribution in [1.29, 1.82) is 0 Å². The largest absolute Gasteiger partial charge is 0.340 e. The zero-order valence-electron chi connectivity index (χ0n) is 13.1. The van der Waals surface area contributed by atoms with E-state index in [0.29, 0.717) is 5.88 Å². The van der Waals surface area contributed by atoms with E-state index in [0.717, 1.165) is 38.4 Å². The summed E-state index contributed by atoms with van der Waals surface area (Å²) in [5.74, 6) is 1.56. The molecule has 2 fully saturated rings. The summed E-state index contributed by atoms with van der Waals surface area (Å²) in [5, 5.41) is 3.30. The molecule has 0 spiro atoms. The highest BCUT2D eigenvalue weighted by atomic mass is 35.5. The maximum absolute atomic E-state index is 12.7. The summed E-state index contributed by atoms with van der Waals surface area (Å²) in [6, 6.07) is -0.273. The Kier molecular flexibility index (Phi) is 6.81. The molecule has 0 aromatic rings. The number of halogens is 1. The molecular weight excluding hydrogens is 310 g/mol. The molecule has 122 valence electrons. The van der Waals surface area contributed by atoms with Crippen LogP contribution in [0.25, 0.3) is 0 Å². The van der Waals surface area contributed by atoms with E-state index in [4.69, 9.17) is 0 Å². The molecule has 1 atom stereocenters. The third-order valence-corrected chi connectivity index (χ3v) is 4.73. The Labute approximate surface area is 137 Å². The van der Waals surface area contributed by atoms with Gasteiger partial charge < -0.3 is 15.1 Å². The second kappa shape index (κ2) is 7.70. The van der Waals surface area contributed by atoms with Gasteiger partial charge in [0.15, 0.2) is 0 Å².